The van der Waals surface area contributed by atoms with E-state index >= 15 is 0 Å². The lowest BCUT2D eigenvalue weighted by molar-refractivity contribution is 0.411. The van der Waals surface area contributed by atoms with Crippen LogP contribution in [0.15, 0.2) is 47.8 Å². The zero-order valence-electron chi connectivity index (χ0n) is 11.7. The predicted molar refractivity (Wildman–Crippen MR) is 77.7 cm³/mol. The number of rotatable bonds is 3. The van der Waals surface area contributed by atoms with Gasteiger partial charge in [-0.1, -0.05) is 19.1 Å². The summed E-state index contributed by atoms with van der Waals surface area (Å²) in [5, 5.41) is 0. The van der Waals surface area contributed by atoms with Crippen LogP contribution >= 0.6 is 0 Å². The first-order valence-electron chi connectivity index (χ1n) is 6.72. The lowest BCUT2D eigenvalue weighted by Crippen LogP contribution is -1.94. The molecule has 1 aliphatic rings. The summed E-state index contributed by atoms with van der Waals surface area (Å²) in [6, 6.07) is 4.64. The van der Waals surface area contributed by atoms with Gasteiger partial charge in [0.05, 0.1) is 7.11 Å². The predicted octanol–water partition coefficient (Wildman–Crippen LogP) is 5.20. The van der Waals surface area contributed by atoms with Crippen molar-refractivity contribution in [2.45, 2.75) is 26.2 Å². The molecule has 1 aromatic carbocycles. The highest BCUT2D eigenvalue weighted by Crippen LogP contribution is 2.30. The van der Waals surface area contributed by atoms with Crippen LogP contribution in [0.1, 0.15) is 31.7 Å². The second-order valence-corrected chi connectivity index (χ2v) is 4.70. The molecule has 3 heteroatoms. The normalized spacial score (nSPS) is 21.9. The maximum atomic E-state index is 14.1. The molecule has 2 rings (SSSR count). The van der Waals surface area contributed by atoms with E-state index in [-0.39, 0.29) is 5.83 Å². The molecular weight excluding hydrogens is 258 g/mol. The van der Waals surface area contributed by atoms with Gasteiger partial charge in [0.25, 0.3) is 0 Å². The summed E-state index contributed by atoms with van der Waals surface area (Å²) in [4.78, 5) is 0. The van der Waals surface area contributed by atoms with E-state index in [1.54, 1.807) is 12.1 Å². The highest BCUT2D eigenvalue weighted by atomic mass is 19.1. The van der Waals surface area contributed by atoms with Crippen molar-refractivity contribution in [1.29, 1.82) is 0 Å². The molecule has 20 heavy (non-hydrogen) atoms. The lowest BCUT2D eigenvalue weighted by Gasteiger charge is -2.11. The van der Waals surface area contributed by atoms with Crippen molar-refractivity contribution in [3.05, 3.63) is 59.2 Å². The fourth-order valence-electron chi connectivity index (χ4n) is 2.23. The Hall–Kier alpha value is -1.90. The minimum absolute atomic E-state index is 0.248. The van der Waals surface area contributed by atoms with E-state index in [1.165, 1.54) is 19.3 Å². The van der Waals surface area contributed by atoms with E-state index < -0.39 is 5.82 Å². The SMILES string of the molecule is CC/C1=C(F)/C=C(/c2ccc(OC)cc2F)CC=CC1. The molecule has 0 spiro atoms. The monoisotopic (exact) mass is 276 g/mol. The Kier molecular flexibility index (Phi) is 4.72. The van der Waals surface area contributed by atoms with E-state index in [2.05, 4.69) is 0 Å². The molecule has 1 aromatic rings. The average Bonchev–Trinajstić information content (AvgIpc) is 2.43. The van der Waals surface area contributed by atoms with Crippen LogP contribution in [-0.4, -0.2) is 7.11 Å². The number of benzene rings is 1. The Morgan fingerprint density at radius 2 is 1.90 bits per heavy atom. The number of allylic oxidation sites excluding steroid dienone is 6. The molecule has 106 valence electrons. The van der Waals surface area contributed by atoms with Crippen LogP contribution in [0.5, 0.6) is 5.75 Å². The van der Waals surface area contributed by atoms with Gasteiger partial charge in [-0.15, -0.1) is 0 Å². The molecule has 0 atom stereocenters. The Morgan fingerprint density at radius 3 is 2.55 bits per heavy atom. The maximum Gasteiger partial charge on any atom is 0.134 e. The summed E-state index contributed by atoms with van der Waals surface area (Å²) in [7, 11) is 1.49. The first kappa shape index (κ1) is 14.5. The summed E-state index contributed by atoms with van der Waals surface area (Å²) in [5.41, 5.74) is 1.81. The summed E-state index contributed by atoms with van der Waals surface area (Å²) < 4.78 is 33.2. The minimum Gasteiger partial charge on any atom is -0.497 e. The fourth-order valence-corrected chi connectivity index (χ4v) is 2.23. The molecule has 0 saturated heterocycles. The van der Waals surface area contributed by atoms with Crippen LogP contribution < -0.4 is 4.74 Å². The minimum atomic E-state index is -0.393. The highest BCUT2D eigenvalue weighted by molar-refractivity contribution is 5.70. The summed E-state index contributed by atoms with van der Waals surface area (Å²) in [6.07, 6.45) is 7.15. The molecular formula is C17H18F2O. The van der Waals surface area contributed by atoms with Gasteiger partial charge in [0, 0.05) is 11.6 Å². The zero-order valence-corrected chi connectivity index (χ0v) is 11.7. The van der Waals surface area contributed by atoms with Crippen molar-refractivity contribution in [3.63, 3.8) is 0 Å². The van der Waals surface area contributed by atoms with E-state index in [0.717, 1.165) is 5.57 Å². The van der Waals surface area contributed by atoms with Gasteiger partial charge < -0.3 is 4.74 Å². The van der Waals surface area contributed by atoms with Gasteiger partial charge in [0.15, 0.2) is 0 Å². The molecule has 0 aliphatic heterocycles. The van der Waals surface area contributed by atoms with Gasteiger partial charge in [-0.05, 0) is 48.6 Å². The molecule has 0 N–H and O–H groups in total. The Labute approximate surface area is 118 Å². The van der Waals surface area contributed by atoms with E-state index in [1.807, 2.05) is 19.1 Å². The zero-order chi connectivity index (χ0) is 14.5. The Morgan fingerprint density at radius 1 is 1.15 bits per heavy atom. The summed E-state index contributed by atoms with van der Waals surface area (Å²) >= 11 is 0. The first-order chi connectivity index (χ1) is 9.65. The molecule has 0 heterocycles. The number of halogens is 2. The highest BCUT2D eigenvalue weighted by Gasteiger charge is 2.12. The van der Waals surface area contributed by atoms with Crippen LogP contribution in [0, 0.1) is 5.82 Å². The van der Waals surface area contributed by atoms with Crippen molar-refractivity contribution in [3.8, 4) is 5.75 Å². The van der Waals surface area contributed by atoms with Crippen molar-refractivity contribution in [2.24, 2.45) is 0 Å². The molecule has 0 bridgehead atoms. The molecule has 0 amide bonds. The van der Waals surface area contributed by atoms with Crippen LogP contribution in [-0.2, 0) is 0 Å². The van der Waals surface area contributed by atoms with Gasteiger partial charge >= 0.3 is 0 Å². The largest absolute Gasteiger partial charge is 0.497 e. The third-order valence-corrected chi connectivity index (χ3v) is 3.46. The van der Waals surface area contributed by atoms with Gasteiger partial charge in [-0.3, -0.25) is 0 Å². The number of hydrogen-bond acceptors (Lipinski definition) is 1. The van der Waals surface area contributed by atoms with Crippen LogP contribution in [0.4, 0.5) is 8.78 Å². The van der Waals surface area contributed by atoms with E-state index in [9.17, 15) is 8.78 Å². The molecule has 0 radical (unpaired) electrons. The number of hydrogen-bond donors (Lipinski definition) is 0. The first-order valence-corrected chi connectivity index (χ1v) is 6.72. The topological polar surface area (TPSA) is 9.23 Å². The van der Waals surface area contributed by atoms with Crippen molar-refractivity contribution in [2.75, 3.05) is 7.11 Å². The van der Waals surface area contributed by atoms with Gasteiger partial charge in [-0.25, -0.2) is 8.78 Å². The van der Waals surface area contributed by atoms with E-state index in [4.69, 9.17) is 4.74 Å². The molecule has 1 nitrogen and oxygen atoms in total. The van der Waals surface area contributed by atoms with Gasteiger partial charge in [-0.2, -0.15) is 0 Å². The Bertz CT molecular complexity index is 583. The molecule has 0 fully saturated rings. The van der Waals surface area contributed by atoms with Crippen molar-refractivity contribution in [1.82, 2.24) is 0 Å². The number of methoxy groups -OCH3 is 1. The van der Waals surface area contributed by atoms with Crippen LogP contribution in [0.2, 0.25) is 0 Å². The van der Waals surface area contributed by atoms with Crippen molar-refractivity contribution >= 4 is 5.57 Å². The third-order valence-electron chi connectivity index (χ3n) is 3.46. The number of ether oxygens (including phenoxy) is 1. The summed E-state index contributed by atoms with van der Waals surface area (Å²) in [5.74, 6) is -0.184. The molecule has 0 unspecified atom stereocenters. The quantitative estimate of drug-likeness (QED) is 0.689. The molecule has 1 aliphatic carbocycles. The molecule has 0 aromatic heterocycles. The third kappa shape index (κ3) is 3.16. The average molecular weight is 276 g/mol. The standard InChI is InChI=1S/C17H18F2O/c1-3-12-6-4-5-7-13(10-16(12)18)15-9-8-14(20-2)11-17(15)19/h4-5,8-11H,3,6-7H2,1-2H3/b5-4?,13-10+,16-12+. The van der Waals surface area contributed by atoms with Crippen molar-refractivity contribution < 1.29 is 13.5 Å². The van der Waals surface area contributed by atoms with Gasteiger partial charge in [0.2, 0.25) is 0 Å². The summed E-state index contributed by atoms with van der Waals surface area (Å²) in [6.45, 7) is 1.92. The van der Waals surface area contributed by atoms with Gasteiger partial charge in [0.1, 0.15) is 17.4 Å². The Balaban J connectivity index is 2.45. The maximum absolute atomic E-state index is 14.1. The van der Waals surface area contributed by atoms with E-state index in [0.29, 0.717) is 36.1 Å². The lowest BCUT2D eigenvalue weighted by atomic mass is 9.96. The van der Waals surface area contributed by atoms with Crippen LogP contribution in [0.3, 0.4) is 0 Å². The second kappa shape index (κ2) is 6.51. The molecule has 0 saturated carbocycles. The second-order valence-electron chi connectivity index (χ2n) is 4.70. The fraction of sp³-hybridized carbons (Fsp3) is 0.294. The smallest absolute Gasteiger partial charge is 0.134 e. The van der Waals surface area contributed by atoms with Crippen LogP contribution in [0.25, 0.3) is 5.57 Å².